The Morgan fingerprint density at radius 3 is 2.58 bits per heavy atom. The van der Waals surface area contributed by atoms with Crippen molar-refractivity contribution >= 4 is 59.0 Å². The van der Waals surface area contributed by atoms with Crippen LogP contribution in [-0.2, 0) is 0 Å². The number of hydrogen-bond donors (Lipinski definition) is 2. The van der Waals surface area contributed by atoms with Gasteiger partial charge in [0.1, 0.15) is 5.75 Å². The summed E-state index contributed by atoms with van der Waals surface area (Å²) in [7, 11) is 1.58. The number of nitrogens with two attached hydrogens (primary N) is 1. The molecule has 0 radical (unpaired) electrons. The van der Waals surface area contributed by atoms with Crippen LogP contribution in [-0.4, -0.2) is 25.4 Å². The molecule has 130 valence electrons. The fraction of sp³-hybridized carbons (Fsp3) is 0.235. The topological polar surface area (TPSA) is 59.6 Å². The largest absolute Gasteiger partial charge is 0.495 e. The zero-order valence-corrected chi connectivity index (χ0v) is 17.5. The maximum absolute atomic E-state index is 6.07. The minimum absolute atomic E-state index is 0. The van der Waals surface area contributed by atoms with Crippen molar-refractivity contribution in [2.24, 2.45) is 10.7 Å². The predicted molar refractivity (Wildman–Crippen MR) is 115 cm³/mol. The summed E-state index contributed by atoms with van der Waals surface area (Å²) in [5, 5.41) is 3.55. The minimum atomic E-state index is 0. The molecule has 2 rings (SSSR count). The number of methoxy groups -OCH3 is 1. The number of nitrogens with zero attached hydrogens (tertiary/aromatic N) is 1. The first-order valence-corrected chi connectivity index (χ1v) is 8.55. The fourth-order valence-electron chi connectivity index (χ4n) is 1.90. The first-order valence-electron chi connectivity index (χ1n) is 7.18. The van der Waals surface area contributed by atoms with Crippen molar-refractivity contribution in [3.05, 3.63) is 53.1 Å². The average Bonchev–Trinajstić information content (AvgIpc) is 2.53. The van der Waals surface area contributed by atoms with Crippen molar-refractivity contribution in [1.29, 1.82) is 0 Å². The molecule has 0 heterocycles. The van der Waals surface area contributed by atoms with Gasteiger partial charge in [-0.15, -0.1) is 35.7 Å². The summed E-state index contributed by atoms with van der Waals surface area (Å²) in [6, 6.07) is 13.8. The van der Waals surface area contributed by atoms with Gasteiger partial charge in [0.25, 0.3) is 0 Å². The molecule has 0 aliphatic rings. The van der Waals surface area contributed by atoms with E-state index in [1.165, 1.54) is 10.5 Å². The lowest BCUT2D eigenvalue weighted by Crippen LogP contribution is -2.23. The van der Waals surface area contributed by atoms with E-state index >= 15 is 0 Å². The Kier molecular flexibility index (Phi) is 9.31. The highest BCUT2D eigenvalue weighted by Gasteiger charge is 2.02. The zero-order chi connectivity index (χ0) is 16.7. The maximum atomic E-state index is 6.07. The molecule has 0 aromatic heterocycles. The van der Waals surface area contributed by atoms with Gasteiger partial charge in [-0.25, -0.2) is 0 Å². The predicted octanol–water partition coefficient (Wildman–Crippen LogP) is 4.79. The van der Waals surface area contributed by atoms with Crippen LogP contribution in [0, 0.1) is 6.92 Å². The second-order valence-corrected chi connectivity index (χ2v) is 6.48. The Labute approximate surface area is 169 Å². The third-order valence-electron chi connectivity index (χ3n) is 3.09. The van der Waals surface area contributed by atoms with Crippen LogP contribution in [0.1, 0.15) is 5.56 Å². The number of benzene rings is 2. The molecule has 2 aromatic rings. The van der Waals surface area contributed by atoms with Gasteiger partial charge in [0.2, 0.25) is 0 Å². The quantitative estimate of drug-likeness (QED) is 0.206. The van der Waals surface area contributed by atoms with Crippen LogP contribution in [0.4, 0.5) is 5.69 Å². The SMILES string of the molecule is COc1ccc(NC(N)=NCCSc2ccc(C)cc2)cc1Cl.I. The second kappa shape index (κ2) is 10.7. The molecular weight excluding hydrogens is 457 g/mol. The average molecular weight is 478 g/mol. The molecule has 0 fully saturated rings. The van der Waals surface area contributed by atoms with Gasteiger partial charge in [0.15, 0.2) is 5.96 Å². The highest BCUT2D eigenvalue weighted by atomic mass is 127. The Morgan fingerprint density at radius 1 is 1.25 bits per heavy atom. The Bertz CT molecular complexity index is 680. The van der Waals surface area contributed by atoms with E-state index in [-0.39, 0.29) is 24.0 Å². The second-order valence-electron chi connectivity index (χ2n) is 4.90. The molecule has 0 spiro atoms. The number of aryl methyl sites for hydroxylation is 1. The molecule has 0 unspecified atom stereocenters. The summed E-state index contributed by atoms with van der Waals surface area (Å²) >= 11 is 7.83. The third-order valence-corrected chi connectivity index (χ3v) is 4.37. The minimum Gasteiger partial charge on any atom is -0.495 e. The van der Waals surface area contributed by atoms with E-state index in [0.29, 0.717) is 23.3 Å². The lowest BCUT2D eigenvalue weighted by molar-refractivity contribution is 0.415. The van der Waals surface area contributed by atoms with Gasteiger partial charge in [-0.1, -0.05) is 29.3 Å². The summed E-state index contributed by atoms with van der Waals surface area (Å²) in [5.41, 5.74) is 7.92. The lowest BCUT2D eigenvalue weighted by Gasteiger charge is -2.08. The summed E-state index contributed by atoms with van der Waals surface area (Å²) in [4.78, 5) is 5.55. The molecule has 0 saturated heterocycles. The van der Waals surface area contributed by atoms with E-state index in [0.717, 1.165) is 11.4 Å². The van der Waals surface area contributed by atoms with Gasteiger partial charge in [0.05, 0.1) is 18.7 Å². The van der Waals surface area contributed by atoms with E-state index in [1.807, 2.05) is 6.07 Å². The number of halogens is 2. The Hall–Kier alpha value is -1.12. The number of hydrogen-bond acceptors (Lipinski definition) is 3. The van der Waals surface area contributed by atoms with Crippen LogP contribution in [0.5, 0.6) is 5.75 Å². The molecule has 0 aliphatic heterocycles. The normalized spacial score (nSPS) is 10.9. The van der Waals surface area contributed by atoms with Crippen LogP contribution in [0.25, 0.3) is 0 Å². The standard InChI is InChI=1S/C17H20ClN3OS.HI/c1-12-3-6-14(7-4-12)23-10-9-20-17(19)21-13-5-8-16(22-2)15(18)11-13;/h3-8,11H,9-10H2,1-2H3,(H3,19,20,21);1H. The smallest absolute Gasteiger partial charge is 0.193 e. The highest BCUT2D eigenvalue weighted by Crippen LogP contribution is 2.27. The van der Waals surface area contributed by atoms with Gasteiger partial charge in [-0.3, -0.25) is 4.99 Å². The van der Waals surface area contributed by atoms with Crippen molar-refractivity contribution in [2.75, 3.05) is 24.7 Å². The molecule has 0 saturated carbocycles. The molecule has 0 bridgehead atoms. The number of thioether (sulfide) groups is 1. The van der Waals surface area contributed by atoms with Crippen LogP contribution in [0.3, 0.4) is 0 Å². The number of aliphatic imine (C=N–C) groups is 1. The summed E-state index contributed by atoms with van der Waals surface area (Å²) in [5.74, 6) is 1.87. The first-order chi connectivity index (χ1) is 11.1. The van der Waals surface area contributed by atoms with Crippen LogP contribution in [0.15, 0.2) is 52.4 Å². The van der Waals surface area contributed by atoms with Gasteiger partial charge in [0, 0.05) is 16.3 Å². The molecule has 0 amide bonds. The summed E-state index contributed by atoms with van der Waals surface area (Å²) in [6.07, 6.45) is 0. The van der Waals surface area contributed by atoms with Gasteiger partial charge < -0.3 is 15.8 Å². The van der Waals surface area contributed by atoms with Crippen molar-refractivity contribution in [3.8, 4) is 5.75 Å². The van der Waals surface area contributed by atoms with Crippen molar-refractivity contribution in [3.63, 3.8) is 0 Å². The van der Waals surface area contributed by atoms with Crippen LogP contribution in [0.2, 0.25) is 5.02 Å². The molecule has 24 heavy (non-hydrogen) atoms. The van der Waals surface area contributed by atoms with E-state index in [2.05, 4.69) is 41.5 Å². The van der Waals surface area contributed by atoms with Crippen LogP contribution < -0.4 is 15.8 Å². The maximum Gasteiger partial charge on any atom is 0.193 e. The molecule has 7 heteroatoms. The monoisotopic (exact) mass is 477 g/mol. The molecule has 0 atom stereocenters. The first kappa shape index (κ1) is 20.9. The van der Waals surface area contributed by atoms with Crippen molar-refractivity contribution < 1.29 is 4.74 Å². The molecular formula is C17H21ClIN3OS. The van der Waals surface area contributed by atoms with E-state index in [4.69, 9.17) is 22.1 Å². The van der Waals surface area contributed by atoms with Crippen molar-refractivity contribution in [1.82, 2.24) is 0 Å². The van der Waals surface area contributed by atoms with Gasteiger partial charge in [-0.05, 0) is 37.3 Å². The van der Waals surface area contributed by atoms with E-state index in [1.54, 1.807) is 31.0 Å². The zero-order valence-electron chi connectivity index (χ0n) is 13.6. The highest BCUT2D eigenvalue weighted by molar-refractivity contribution is 14.0. The summed E-state index contributed by atoms with van der Waals surface area (Å²) in [6.45, 7) is 2.72. The Balaban J connectivity index is 0.00000288. The van der Waals surface area contributed by atoms with Crippen LogP contribution >= 0.6 is 47.3 Å². The fourth-order valence-corrected chi connectivity index (χ4v) is 2.90. The number of ether oxygens (including phenoxy) is 1. The number of anilines is 1. The lowest BCUT2D eigenvalue weighted by atomic mass is 10.2. The number of rotatable bonds is 6. The third kappa shape index (κ3) is 6.78. The number of guanidine groups is 1. The summed E-state index contributed by atoms with van der Waals surface area (Å²) < 4.78 is 5.11. The van der Waals surface area contributed by atoms with Gasteiger partial charge >= 0.3 is 0 Å². The van der Waals surface area contributed by atoms with Crippen molar-refractivity contribution in [2.45, 2.75) is 11.8 Å². The molecule has 4 nitrogen and oxygen atoms in total. The molecule has 2 aromatic carbocycles. The molecule has 0 aliphatic carbocycles. The number of nitrogens with one attached hydrogen (secondary N) is 1. The van der Waals surface area contributed by atoms with Gasteiger partial charge in [-0.2, -0.15) is 0 Å². The van der Waals surface area contributed by atoms with E-state index < -0.39 is 0 Å². The van der Waals surface area contributed by atoms with E-state index in [9.17, 15) is 0 Å². The molecule has 3 N–H and O–H groups in total. The Morgan fingerprint density at radius 2 is 1.96 bits per heavy atom.